The lowest BCUT2D eigenvalue weighted by Crippen LogP contribution is -2.28. The van der Waals surface area contributed by atoms with E-state index in [2.05, 4.69) is 0 Å². The average Bonchev–Trinajstić information content (AvgIpc) is 3.19. The summed E-state index contributed by atoms with van der Waals surface area (Å²) in [5.74, 6) is -0.388. The molecule has 0 amide bonds. The van der Waals surface area contributed by atoms with E-state index in [1.165, 1.54) is 18.4 Å². The maximum absolute atomic E-state index is 11.3. The van der Waals surface area contributed by atoms with Gasteiger partial charge < -0.3 is 14.9 Å². The fraction of sp³-hybridized carbons (Fsp3) is 0.533. The maximum Gasteiger partial charge on any atom is 0.337 e. The summed E-state index contributed by atoms with van der Waals surface area (Å²) >= 11 is 0. The van der Waals surface area contributed by atoms with Crippen molar-refractivity contribution in [1.82, 2.24) is 0 Å². The first kappa shape index (κ1) is 14.0. The summed E-state index contributed by atoms with van der Waals surface area (Å²) in [5, 5.41) is 18.6. The molecule has 0 spiro atoms. The Labute approximate surface area is 113 Å². The van der Waals surface area contributed by atoms with Crippen LogP contribution in [0.4, 0.5) is 0 Å². The molecule has 4 nitrogen and oxygen atoms in total. The molecule has 0 aliphatic heterocycles. The molecule has 4 heteroatoms. The summed E-state index contributed by atoms with van der Waals surface area (Å²) < 4.78 is 5.43. The lowest BCUT2D eigenvalue weighted by Gasteiger charge is -2.21. The quantitative estimate of drug-likeness (QED) is 0.828. The first-order valence-electron chi connectivity index (χ1n) is 6.65. The number of rotatable bonds is 6. The van der Waals surface area contributed by atoms with Gasteiger partial charge in [0, 0.05) is 0 Å². The molecule has 1 fully saturated rings. The molecule has 0 heterocycles. The zero-order chi connectivity index (χ0) is 14.0. The average molecular weight is 264 g/mol. The molecule has 1 aliphatic rings. The minimum Gasteiger partial charge on any atom is -0.479 e. The van der Waals surface area contributed by atoms with Gasteiger partial charge in [-0.2, -0.15) is 0 Å². The van der Waals surface area contributed by atoms with Crippen LogP contribution in [0.2, 0.25) is 0 Å². The van der Waals surface area contributed by atoms with Gasteiger partial charge in [0.25, 0.3) is 0 Å². The summed E-state index contributed by atoms with van der Waals surface area (Å²) in [5.41, 5.74) is 1.88. The van der Waals surface area contributed by atoms with E-state index in [1.807, 2.05) is 12.1 Å². The minimum absolute atomic E-state index is 0.524. The Balaban J connectivity index is 2.11. The smallest absolute Gasteiger partial charge is 0.337 e. The number of hydrogen-bond donors (Lipinski definition) is 2. The second-order valence-corrected chi connectivity index (χ2v) is 5.24. The number of carbonyl (C=O) groups is 1. The van der Waals surface area contributed by atoms with Crippen molar-refractivity contribution < 1.29 is 19.7 Å². The van der Waals surface area contributed by atoms with Crippen molar-refractivity contribution in [2.24, 2.45) is 0 Å². The molecule has 1 aliphatic carbocycles. The van der Waals surface area contributed by atoms with Crippen LogP contribution in [0.25, 0.3) is 0 Å². The maximum atomic E-state index is 11.3. The van der Waals surface area contributed by atoms with Crippen LogP contribution in [0.1, 0.15) is 49.8 Å². The topological polar surface area (TPSA) is 66.8 Å². The van der Waals surface area contributed by atoms with E-state index in [0.29, 0.717) is 11.5 Å². The molecule has 19 heavy (non-hydrogen) atoms. The first-order chi connectivity index (χ1) is 8.99. The molecule has 1 aromatic carbocycles. The monoisotopic (exact) mass is 264 g/mol. The highest BCUT2D eigenvalue weighted by Crippen LogP contribution is 2.40. The second kappa shape index (κ2) is 5.72. The van der Waals surface area contributed by atoms with E-state index in [4.69, 9.17) is 4.74 Å². The van der Waals surface area contributed by atoms with E-state index in [9.17, 15) is 15.0 Å². The molecule has 104 valence electrons. The third-order valence-electron chi connectivity index (χ3n) is 3.54. The van der Waals surface area contributed by atoms with Gasteiger partial charge in [0.15, 0.2) is 6.10 Å². The molecule has 0 saturated heterocycles. The van der Waals surface area contributed by atoms with Gasteiger partial charge in [0.1, 0.15) is 0 Å². The Morgan fingerprint density at radius 1 is 1.26 bits per heavy atom. The van der Waals surface area contributed by atoms with Gasteiger partial charge >= 0.3 is 5.97 Å². The molecular weight excluding hydrogens is 244 g/mol. The Kier molecular flexibility index (Phi) is 4.22. The molecule has 3 atom stereocenters. The summed E-state index contributed by atoms with van der Waals surface area (Å²) in [7, 11) is 0. The van der Waals surface area contributed by atoms with E-state index < -0.39 is 24.3 Å². The number of aliphatic hydroxyl groups excluding tert-OH is 1. The van der Waals surface area contributed by atoms with Gasteiger partial charge in [-0.3, -0.25) is 0 Å². The lowest BCUT2D eigenvalue weighted by atomic mass is 10.0. The summed E-state index contributed by atoms with van der Waals surface area (Å²) in [4.78, 5) is 11.3. The van der Waals surface area contributed by atoms with Gasteiger partial charge in [0.05, 0.1) is 12.2 Å². The zero-order valence-electron chi connectivity index (χ0n) is 11.2. The third kappa shape index (κ3) is 3.55. The molecule has 3 unspecified atom stereocenters. The molecule has 2 rings (SSSR count). The molecule has 0 bridgehead atoms. The van der Waals surface area contributed by atoms with Crippen molar-refractivity contribution in [2.45, 2.75) is 50.9 Å². The third-order valence-corrected chi connectivity index (χ3v) is 3.54. The number of carboxylic acids is 1. The van der Waals surface area contributed by atoms with Crippen molar-refractivity contribution in [3.63, 3.8) is 0 Å². The summed E-state index contributed by atoms with van der Waals surface area (Å²) in [6.07, 6.45) is 0.184. The van der Waals surface area contributed by atoms with Crippen molar-refractivity contribution in [3.05, 3.63) is 35.4 Å². The summed E-state index contributed by atoms with van der Waals surface area (Å²) in [6, 6.07) is 7.56. The zero-order valence-corrected chi connectivity index (χ0v) is 11.2. The number of ether oxygens (including phenoxy) is 1. The van der Waals surface area contributed by atoms with E-state index in [0.717, 1.165) is 0 Å². The molecule has 0 radical (unpaired) electrons. The van der Waals surface area contributed by atoms with Gasteiger partial charge in [0.2, 0.25) is 0 Å². The van der Waals surface area contributed by atoms with Crippen molar-refractivity contribution in [3.8, 4) is 0 Å². The highest BCUT2D eigenvalue weighted by atomic mass is 16.5. The fourth-order valence-electron chi connectivity index (χ4n) is 1.97. The Hall–Kier alpha value is -1.39. The van der Waals surface area contributed by atoms with Crippen LogP contribution in [0.15, 0.2) is 24.3 Å². The van der Waals surface area contributed by atoms with Crippen LogP contribution in [-0.2, 0) is 9.53 Å². The minimum atomic E-state index is -1.04. The van der Waals surface area contributed by atoms with Crippen molar-refractivity contribution in [1.29, 1.82) is 0 Å². The van der Waals surface area contributed by atoms with Gasteiger partial charge in [-0.15, -0.1) is 0 Å². The summed E-state index contributed by atoms with van der Waals surface area (Å²) in [6.45, 7) is 3.25. The predicted molar refractivity (Wildman–Crippen MR) is 71.0 cm³/mol. The van der Waals surface area contributed by atoms with Gasteiger partial charge in [-0.1, -0.05) is 24.3 Å². The van der Waals surface area contributed by atoms with Crippen LogP contribution >= 0.6 is 0 Å². The Morgan fingerprint density at radius 3 is 2.26 bits per heavy atom. The Morgan fingerprint density at radius 2 is 1.84 bits per heavy atom. The number of benzene rings is 1. The van der Waals surface area contributed by atoms with Crippen LogP contribution in [-0.4, -0.2) is 28.4 Å². The lowest BCUT2D eigenvalue weighted by molar-refractivity contribution is -0.158. The highest BCUT2D eigenvalue weighted by Gasteiger charge is 2.27. The molecule has 1 saturated carbocycles. The highest BCUT2D eigenvalue weighted by molar-refractivity contribution is 5.74. The van der Waals surface area contributed by atoms with E-state index in [1.54, 1.807) is 26.0 Å². The van der Waals surface area contributed by atoms with Crippen molar-refractivity contribution >= 4 is 5.97 Å². The van der Waals surface area contributed by atoms with Crippen LogP contribution in [0, 0.1) is 0 Å². The normalized spacial score (nSPS) is 19.7. The molecular formula is C15H20O4. The van der Waals surface area contributed by atoms with Crippen LogP contribution < -0.4 is 0 Å². The first-order valence-corrected chi connectivity index (χ1v) is 6.65. The number of carboxylic acid groups (broad SMARTS) is 1. The van der Waals surface area contributed by atoms with Gasteiger partial charge in [-0.05, 0) is 43.7 Å². The largest absolute Gasteiger partial charge is 0.479 e. The Bertz CT molecular complexity index is 434. The van der Waals surface area contributed by atoms with Crippen molar-refractivity contribution in [2.75, 3.05) is 0 Å². The molecule has 1 aromatic rings. The van der Waals surface area contributed by atoms with Crippen LogP contribution in [0.5, 0.6) is 0 Å². The standard InChI is InChI=1S/C15H20O4/c1-9(16)10(2)19-14(15(17)18)13-7-5-12(6-8-13)11-3-4-11/h5-11,14,16H,3-4H2,1-2H3,(H,17,18). The number of aliphatic hydroxyl groups is 1. The van der Waals surface area contributed by atoms with E-state index >= 15 is 0 Å². The van der Waals surface area contributed by atoms with Crippen LogP contribution in [0.3, 0.4) is 0 Å². The van der Waals surface area contributed by atoms with Gasteiger partial charge in [-0.25, -0.2) is 4.79 Å². The molecule has 0 aromatic heterocycles. The number of aliphatic carboxylic acids is 1. The SMILES string of the molecule is CC(O)C(C)OC(C(=O)O)c1ccc(C2CC2)cc1. The second-order valence-electron chi connectivity index (χ2n) is 5.24. The van der Waals surface area contributed by atoms with E-state index in [-0.39, 0.29) is 0 Å². The number of hydrogen-bond acceptors (Lipinski definition) is 3. The fourth-order valence-corrected chi connectivity index (χ4v) is 1.97. The molecule has 2 N–H and O–H groups in total. The predicted octanol–water partition coefficient (Wildman–Crippen LogP) is 2.48.